The molecule has 18 heavy (non-hydrogen) atoms. The Morgan fingerprint density at radius 2 is 2.28 bits per heavy atom. The predicted octanol–water partition coefficient (Wildman–Crippen LogP) is 3.12. The molecule has 2 unspecified atom stereocenters. The maximum absolute atomic E-state index is 6.01. The molecule has 2 atom stereocenters. The topological polar surface area (TPSA) is 29.3 Å². The van der Waals surface area contributed by atoms with E-state index in [-0.39, 0.29) is 0 Å². The average molecular weight is 246 g/mol. The van der Waals surface area contributed by atoms with Gasteiger partial charge in [-0.25, -0.2) is 0 Å². The molecule has 1 fully saturated rings. The third kappa shape index (κ3) is 3.12. The summed E-state index contributed by atoms with van der Waals surface area (Å²) in [4.78, 5) is 2.58. The van der Waals surface area contributed by atoms with Crippen molar-refractivity contribution >= 4 is 0 Å². The fraction of sp³-hybridized carbons (Fsp3) is 0.625. The Labute approximate surface area is 111 Å². The first-order chi connectivity index (χ1) is 8.74. The summed E-state index contributed by atoms with van der Waals surface area (Å²) < 4.78 is 0. The lowest BCUT2D eigenvalue weighted by molar-refractivity contribution is 0.239. The maximum Gasteiger partial charge on any atom is 0.0470 e. The number of hydrogen-bond donors (Lipinski definition) is 1. The van der Waals surface area contributed by atoms with Gasteiger partial charge in [0, 0.05) is 19.1 Å². The van der Waals surface area contributed by atoms with Gasteiger partial charge in [-0.2, -0.15) is 0 Å². The maximum atomic E-state index is 6.01. The lowest BCUT2D eigenvalue weighted by Crippen LogP contribution is -2.32. The molecule has 1 aromatic carbocycles. The van der Waals surface area contributed by atoms with Crippen LogP contribution in [0.2, 0.25) is 0 Å². The fourth-order valence-electron chi connectivity index (χ4n) is 3.16. The Kier molecular flexibility index (Phi) is 4.79. The van der Waals surface area contributed by atoms with Crippen molar-refractivity contribution in [3.05, 3.63) is 35.4 Å². The van der Waals surface area contributed by atoms with E-state index in [2.05, 4.69) is 43.0 Å². The first-order valence-electron chi connectivity index (χ1n) is 7.25. The van der Waals surface area contributed by atoms with Crippen molar-refractivity contribution in [2.45, 2.75) is 39.2 Å². The molecule has 1 heterocycles. The Bertz CT molecular complexity index is 375. The molecule has 2 rings (SSSR count). The molecule has 1 aliphatic heterocycles. The zero-order chi connectivity index (χ0) is 13.0. The average Bonchev–Trinajstić information content (AvgIpc) is 2.79. The van der Waals surface area contributed by atoms with Gasteiger partial charge in [-0.05, 0) is 37.8 Å². The summed E-state index contributed by atoms with van der Waals surface area (Å²) in [6.07, 6.45) is 4.01. The minimum absolute atomic E-state index is 0.409. The van der Waals surface area contributed by atoms with E-state index in [9.17, 15) is 0 Å². The molecule has 0 amide bonds. The van der Waals surface area contributed by atoms with Gasteiger partial charge in [-0.3, -0.25) is 4.90 Å². The van der Waals surface area contributed by atoms with Crippen molar-refractivity contribution in [1.29, 1.82) is 0 Å². The monoisotopic (exact) mass is 246 g/mol. The molecule has 2 nitrogen and oxygen atoms in total. The highest BCUT2D eigenvalue weighted by atomic mass is 15.2. The molecule has 0 bridgehead atoms. The minimum atomic E-state index is 0.409. The summed E-state index contributed by atoms with van der Waals surface area (Å²) in [6.45, 7) is 7.59. The molecule has 0 aromatic heterocycles. The van der Waals surface area contributed by atoms with E-state index in [1.807, 2.05) is 0 Å². The van der Waals surface area contributed by atoms with Crippen LogP contribution in [0.3, 0.4) is 0 Å². The molecule has 0 saturated carbocycles. The number of hydrogen-bond acceptors (Lipinski definition) is 2. The Balaban J connectivity index is 2.06. The van der Waals surface area contributed by atoms with Crippen LogP contribution in [0.1, 0.15) is 43.4 Å². The second-order valence-electron chi connectivity index (χ2n) is 5.60. The number of nitrogens with zero attached hydrogens (tertiary/aromatic N) is 1. The SMILES string of the molecule is CCCC1CCN(C(CN)c2cccc(C)c2)C1. The Morgan fingerprint density at radius 3 is 2.94 bits per heavy atom. The van der Waals surface area contributed by atoms with Gasteiger partial charge in [0.1, 0.15) is 0 Å². The van der Waals surface area contributed by atoms with Crippen LogP contribution in [0.4, 0.5) is 0 Å². The van der Waals surface area contributed by atoms with Gasteiger partial charge < -0.3 is 5.73 Å². The van der Waals surface area contributed by atoms with E-state index in [1.165, 1.54) is 43.5 Å². The second kappa shape index (κ2) is 6.35. The van der Waals surface area contributed by atoms with E-state index >= 15 is 0 Å². The molecule has 2 heteroatoms. The van der Waals surface area contributed by atoms with Crippen LogP contribution in [0, 0.1) is 12.8 Å². The highest BCUT2D eigenvalue weighted by molar-refractivity contribution is 5.25. The summed E-state index contributed by atoms with van der Waals surface area (Å²) in [5.74, 6) is 0.883. The highest BCUT2D eigenvalue weighted by Gasteiger charge is 2.27. The molecule has 100 valence electrons. The van der Waals surface area contributed by atoms with Crippen molar-refractivity contribution in [1.82, 2.24) is 4.90 Å². The van der Waals surface area contributed by atoms with Gasteiger partial charge in [-0.15, -0.1) is 0 Å². The van der Waals surface area contributed by atoms with Crippen LogP contribution in [-0.4, -0.2) is 24.5 Å². The third-order valence-electron chi connectivity index (χ3n) is 4.11. The summed E-state index contributed by atoms with van der Waals surface area (Å²) in [6, 6.07) is 9.21. The van der Waals surface area contributed by atoms with E-state index in [0.29, 0.717) is 6.04 Å². The van der Waals surface area contributed by atoms with E-state index in [4.69, 9.17) is 5.73 Å². The van der Waals surface area contributed by atoms with E-state index in [0.717, 1.165) is 12.5 Å². The van der Waals surface area contributed by atoms with Crippen LogP contribution in [0.15, 0.2) is 24.3 Å². The van der Waals surface area contributed by atoms with Gasteiger partial charge in [0.15, 0.2) is 0 Å². The van der Waals surface area contributed by atoms with Crippen LogP contribution in [-0.2, 0) is 0 Å². The zero-order valence-corrected chi connectivity index (χ0v) is 11.7. The van der Waals surface area contributed by atoms with Crippen LogP contribution < -0.4 is 5.73 Å². The predicted molar refractivity (Wildman–Crippen MR) is 77.6 cm³/mol. The molecule has 2 N–H and O–H groups in total. The van der Waals surface area contributed by atoms with Crippen molar-refractivity contribution in [2.75, 3.05) is 19.6 Å². The standard InChI is InChI=1S/C16H26N2/c1-3-5-14-8-9-18(12-14)16(11-17)15-7-4-6-13(2)10-15/h4,6-7,10,14,16H,3,5,8-9,11-12,17H2,1-2H3. The second-order valence-corrected chi connectivity index (χ2v) is 5.60. The van der Waals surface area contributed by atoms with Gasteiger partial charge in [0.05, 0.1) is 0 Å². The van der Waals surface area contributed by atoms with Crippen LogP contribution in [0.5, 0.6) is 0 Å². The largest absolute Gasteiger partial charge is 0.329 e. The van der Waals surface area contributed by atoms with Crippen molar-refractivity contribution < 1.29 is 0 Å². The third-order valence-corrected chi connectivity index (χ3v) is 4.11. The molecule has 0 spiro atoms. The summed E-state index contributed by atoms with van der Waals surface area (Å²) in [5.41, 5.74) is 8.73. The van der Waals surface area contributed by atoms with Gasteiger partial charge in [-0.1, -0.05) is 43.2 Å². The first kappa shape index (κ1) is 13.6. The Morgan fingerprint density at radius 1 is 1.44 bits per heavy atom. The molecule has 0 radical (unpaired) electrons. The number of rotatable bonds is 5. The highest BCUT2D eigenvalue weighted by Crippen LogP contribution is 2.29. The van der Waals surface area contributed by atoms with Crippen LogP contribution in [0.25, 0.3) is 0 Å². The van der Waals surface area contributed by atoms with Gasteiger partial charge in [0.2, 0.25) is 0 Å². The lowest BCUT2D eigenvalue weighted by Gasteiger charge is -2.27. The van der Waals surface area contributed by atoms with E-state index in [1.54, 1.807) is 0 Å². The normalized spacial score (nSPS) is 22.3. The number of nitrogens with two attached hydrogens (primary N) is 1. The number of aryl methyl sites for hydroxylation is 1. The lowest BCUT2D eigenvalue weighted by atomic mass is 10.0. The molecule has 1 aliphatic rings. The summed E-state index contributed by atoms with van der Waals surface area (Å²) >= 11 is 0. The van der Waals surface area contributed by atoms with E-state index < -0.39 is 0 Å². The first-order valence-corrected chi connectivity index (χ1v) is 7.25. The number of likely N-dealkylation sites (tertiary alicyclic amines) is 1. The van der Waals surface area contributed by atoms with Crippen LogP contribution >= 0.6 is 0 Å². The van der Waals surface area contributed by atoms with Gasteiger partial charge in [0.25, 0.3) is 0 Å². The zero-order valence-electron chi connectivity index (χ0n) is 11.7. The fourth-order valence-corrected chi connectivity index (χ4v) is 3.16. The molecule has 0 aliphatic carbocycles. The molecular formula is C16H26N2. The molecule has 1 aromatic rings. The Hall–Kier alpha value is -0.860. The summed E-state index contributed by atoms with van der Waals surface area (Å²) in [5, 5.41) is 0. The molecule has 1 saturated heterocycles. The van der Waals surface area contributed by atoms with Gasteiger partial charge >= 0.3 is 0 Å². The van der Waals surface area contributed by atoms with Crippen molar-refractivity contribution in [3.8, 4) is 0 Å². The smallest absolute Gasteiger partial charge is 0.0470 e. The van der Waals surface area contributed by atoms with Crippen molar-refractivity contribution in [3.63, 3.8) is 0 Å². The minimum Gasteiger partial charge on any atom is -0.329 e. The number of benzene rings is 1. The summed E-state index contributed by atoms with van der Waals surface area (Å²) in [7, 11) is 0. The quantitative estimate of drug-likeness (QED) is 0.865. The van der Waals surface area contributed by atoms with Crippen molar-refractivity contribution in [2.24, 2.45) is 11.7 Å². The molecular weight excluding hydrogens is 220 g/mol.